The number of rotatable bonds is 1. The summed E-state index contributed by atoms with van der Waals surface area (Å²) in [5, 5.41) is 0. The van der Waals surface area contributed by atoms with Gasteiger partial charge in [-0.2, -0.15) is 0 Å². The van der Waals surface area contributed by atoms with Gasteiger partial charge in [-0.15, -0.1) is 0 Å². The molecule has 1 heterocycles. The Labute approximate surface area is 99.1 Å². The maximum atomic E-state index is 12.0. The van der Waals surface area contributed by atoms with Crippen LogP contribution in [0.3, 0.4) is 0 Å². The number of ether oxygens (including phenoxy) is 1. The fraction of sp³-hybridized carbons (Fsp3) is 0.923. The van der Waals surface area contributed by atoms with Crippen molar-refractivity contribution in [3.8, 4) is 0 Å². The van der Waals surface area contributed by atoms with E-state index in [1.807, 2.05) is 25.7 Å². The highest BCUT2D eigenvalue weighted by molar-refractivity contribution is 5.68. The van der Waals surface area contributed by atoms with Gasteiger partial charge in [-0.3, -0.25) is 0 Å². The molecule has 0 aromatic carbocycles. The summed E-state index contributed by atoms with van der Waals surface area (Å²) in [5.74, 6) is 0. The number of carbonyl (C=O) groups is 1. The molecule has 0 saturated carbocycles. The van der Waals surface area contributed by atoms with Crippen molar-refractivity contribution < 1.29 is 9.53 Å². The zero-order valence-corrected chi connectivity index (χ0v) is 11.1. The molecule has 1 rings (SSSR count). The third kappa shape index (κ3) is 4.03. The van der Waals surface area contributed by atoms with Gasteiger partial charge < -0.3 is 9.64 Å². The number of likely N-dealkylation sites (tertiary alicyclic amines) is 1. The van der Waals surface area contributed by atoms with E-state index in [-0.39, 0.29) is 11.7 Å². The van der Waals surface area contributed by atoms with Gasteiger partial charge in [-0.1, -0.05) is 19.8 Å². The van der Waals surface area contributed by atoms with Crippen LogP contribution in [-0.4, -0.2) is 29.2 Å². The molecule has 1 saturated heterocycles. The van der Waals surface area contributed by atoms with E-state index in [4.69, 9.17) is 4.74 Å². The topological polar surface area (TPSA) is 29.5 Å². The average molecular weight is 227 g/mol. The predicted octanol–water partition coefficient (Wildman–Crippen LogP) is 3.58. The molecule has 0 unspecified atom stereocenters. The second-order valence-electron chi connectivity index (χ2n) is 5.59. The van der Waals surface area contributed by atoms with E-state index in [9.17, 15) is 4.79 Å². The van der Waals surface area contributed by atoms with Gasteiger partial charge in [-0.25, -0.2) is 4.79 Å². The molecule has 1 aliphatic rings. The van der Waals surface area contributed by atoms with Crippen LogP contribution in [0.1, 0.15) is 59.8 Å². The monoisotopic (exact) mass is 227 g/mol. The molecule has 0 radical (unpaired) electrons. The maximum Gasteiger partial charge on any atom is 0.410 e. The molecule has 1 fully saturated rings. The SMILES string of the molecule is CC[C@@H]1CCCCCN1C(=O)OC(C)(C)C. The highest BCUT2D eigenvalue weighted by Gasteiger charge is 2.28. The Morgan fingerprint density at radius 3 is 2.56 bits per heavy atom. The Bertz CT molecular complexity index is 233. The maximum absolute atomic E-state index is 12.0. The molecule has 0 aromatic rings. The van der Waals surface area contributed by atoms with E-state index in [1.54, 1.807) is 0 Å². The molecule has 3 heteroatoms. The lowest BCUT2D eigenvalue weighted by Gasteiger charge is -2.31. The fourth-order valence-electron chi connectivity index (χ4n) is 2.16. The molecular weight excluding hydrogens is 202 g/mol. The Morgan fingerprint density at radius 1 is 1.31 bits per heavy atom. The summed E-state index contributed by atoms with van der Waals surface area (Å²) in [6, 6.07) is 0.373. The zero-order chi connectivity index (χ0) is 12.2. The van der Waals surface area contributed by atoms with E-state index >= 15 is 0 Å². The molecule has 0 aliphatic carbocycles. The molecule has 3 nitrogen and oxygen atoms in total. The zero-order valence-electron chi connectivity index (χ0n) is 11.1. The lowest BCUT2D eigenvalue weighted by molar-refractivity contribution is 0.0162. The summed E-state index contributed by atoms with van der Waals surface area (Å²) in [4.78, 5) is 14.0. The molecule has 0 bridgehead atoms. The summed E-state index contributed by atoms with van der Waals surface area (Å²) in [5.41, 5.74) is -0.387. The summed E-state index contributed by atoms with van der Waals surface area (Å²) < 4.78 is 5.45. The molecule has 0 spiro atoms. The first kappa shape index (κ1) is 13.3. The molecule has 94 valence electrons. The first-order valence-electron chi connectivity index (χ1n) is 6.43. The van der Waals surface area contributed by atoms with Crippen LogP contribution in [0.4, 0.5) is 4.79 Å². The lowest BCUT2D eigenvalue weighted by atomic mass is 10.1. The van der Waals surface area contributed by atoms with Crippen LogP contribution in [-0.2, 0) is 4.74 Å². The van der Waals surface area contributed by atoms with Crippen molar-refractivity contribution in [2.75, 3.05) is 6.54 Å². The molecule has 0 aromatic heterocycles. The minimum atomic E-state index is -0.387. The van der Waals surface area contributed by atoms with Crippen LogP contribution < -0.4 is 0 Å². The first-order valence-corrected chi connectivity index (χ1v) is 6.43. The molecule has 0 N–H and O–H groups in total. The van der Waals surface area contributed by atoms with Gasteiger partial charge in [0.25, 0.3) is 0 Å². The summed E-state index contributed by atoms with van der Waals surface area (Å²) in [7, 11) is 0. The summed E-state index contributed by atoms with van der Waals surface area (Å²) in [6.07, 6.45) is 5.58. The summed E-state index contributed by atoms with van der Waals surface area (Å²) in [6.45, 7) is 8.76. The third-order valence-electron chi connectivity index (χ3n) is 2.98. The van der Waals surface area contributed by atoms with Crippen molar-refractivity contribution in [2.24, 2.45) is 0 Å². The van der Waals surface area contributed by atoms with Gasteiger partial charge in [0.1, 0.15) is 5.60 Å². The van der Waals surface area contributed by atoms with E-state index < -0.39 is 0 Å². The van der Waals surface area contributed by atoms with E-state index in [2.05, 4.69) is 6.92 Å². The molecule has 1 atom stereocenters. The highest BCUT2D eigenvalue weighted by Crippen LogP contribution is 2.21. The Hall–Kier alpha value is -0.730. The smallest absolute Gasteiger partial charge is 0.410 e. The van der Waals surface area contributed by atoms with Crippen LogP contribution >= 0.6 is 0 Å². The van der Waals surface area contributed by atoms with Crippen LogP contribution in [0.15, 0.2) is 0 Å². The van der Waals surface area contributed by atoms with E-state index in [1.165, 1.54) is 12.8 Å². The van der Waals surface area contributed by atoms with Crippen LogP contribution in [0.5, 0.6) is 0 Å². The Kier molecular flexibility index (Phi) is 4.63. The minimum absolute atomic E-state index is 0.138. The van der Waals surface area contributed by atoms with Crippen molar-refractivity contribution in [1.82, 2.24) is 4.90 Å². The second-order valence-corrected chi connectivity index (χ2v) is 5.59. The number of amides is 1. The summed E-state index contributed by atoms with van der Waals surface area (Å²) >= 11 is 0. The standard InChI is InChI=1S/C13H25NO2/c1-5-11-9-7-6-8-10-14(11)12(15)16-13(2,3)4/h11H,5-10H2,1-4H3/t11-/m1/s1. The highest BCUT2D eigenvalue weighted by atomic mass is 16.6. The van der Waals surface area contributed by atoms with E-state index in [0.29, 0.717) is 6.04 Å². The predicted molar refractivity (Wildman–Crippen MR) is 65.5 cm³/mol. The molecular formula is C13H25NO2. The van der Waals surface area contributed by atoms with Gasteiger partial charge >= 0.3 is 6.09 Å². The normalized spacial score (nSPS) is 22.8. The fourth-order valence-corrected chi connectivity index (χ4v) is 2.16. The van der Waals surface area contributed by atoms with Gasteiger partial charge in [0.2, 0.25) is 0 Å². The lowest BCUT2D eigenvalue weighted by Crippen LogP contribution is -2.42. The Morgan fingerprint density at radius 2 is 2.00 bits per heavy atom. The molecule has 1 aliphatic heterocycles. The van der Waals surface area contributed by atoms with Gasteiger partial charge in [0, 0.05) is 12.6 Å². The molecule has 16 heavy (non-hydrogen) atoms. The van der Waals surface area contributed by atoms with Crippen LogP contribution in [0, 0.1) is 0 Å². The van der Waals surface area contributed by atoms with Crippen molar-refractivity contribution >= 4 is 6.09 Å². The second kappa shape index (κ2) is 5.55. The molecule has 1 amide bonds. The van der Waals surface area contributed by atoms with Gasteiger partial charge in [-0.05, 0) is 40.0 Å². The minimum Gasteiger partial charge on any atom is -0.444 e. The quantitative estimate of drug-likeness (QED) is 0.685. The number of nitrogens with zero attached hydrogens (tertiary/aromatic N) is 1. The van der Waals surface area contributed by atoms with Crippen LogP contribution in [0.2, 0.25) is 0 Å². The van der Waals surface area contributed by atoms with Crippen molar-refractivity contribution in [2.45, 2.75) is 71.4 Å². The number of hydrogen-bond acceptors (Lipinski definition) is 2. The average Bonchev–Trinajstić information content (AvgIpc) is 2.39. The third-order valence-corrected chi connectivity index (χ3v) is 2.98. The van der Waals surface area contributed by atoms with Gasteiger partial charge in [0.05, 0.1) is 0 Å². The van der Waals surface area contributed by atoms with Crippen molar-refractivity contribution in [3.05, 3.63) is 0 Å². The number of hydrogen-bond donors (Lipinski definition) is 0. The van der Waals surface area contributed by atoms with E-state index in [0.717, 1.165) is 25.8 Å². The Balaban J connectivity index is 2.63. The van der Waals surface area contributed by atoms with Crippen molar-refractivity contribution in [3.63, 3.8) is 0 Å². The van der Waals surface area contributed by atoms with Gasteiger partial charge in [0.15, 0.2) is 0 Å². The largest absolute Gasteiger partial charge is 0.444 e. The first-order chi connectivity index (χ1) is 7.44. The number of carbonyl (C=O) groups excluding carboxylic acids is 1. The van der Waals surface area contributed by atoms with Crippen molar-refractivity contribution in [1.29, 1.82) is 0 Å². The van der Waals surface area contributed by atoms with Crippen LogP contribution in [0.25, 0.3) is 0 Å².